The second-order valence-electron chi connectivity index (χ2n) is 4.38. The Balaban J connectivity index is 2.21. The van der Waals surface area contributed by atoms with Crippen LogP contribution < -0.4 is 5.32 Å². The van der Waals surface area contributed by atoms with Crippen LogP contribution in [0.15, 0.2) is 18.2 Å². The molecule has 2 heteroatoms. The van der Waals surface area contributed by atoms with Gasteiger partial charge in [0, 0.05) is 19.3 Å². The van der Waals surface area contributed by atoms with Gasteiger partial charge in [-0.05, 0) is 29.9 Å². The van der Waals surface area contributed by atoms with Gasteiger partial charge in [0.25, 0.3) is 0 Å². The summed E-state index contributed by atoms with van der Waals surface area (Å²) in [5.41, 5.74) is 4.20. The number of benzene rings is 1. The molecule has 0 aliphatic carbocycles. The fourth-order valence-electron chi connectivity index (χ4n) is 2.19. The molecular formula is C13H19NO. The maximum absolute atomic E-state index is 5.13. The average molecular weight is 205 g/mol. The van der Waals surface area contributed by atoms with Crippen LogP contribution in [0.25, 0.3) is 0 Å². The Kier molecular flexibility index (Phi) is 3.27. The summed E-state index contributed by atoms with van der Waals surface area (Å²) in [6, 6.07) is 6.58. The molecular weight excluding hydrogens is 186 g/mol. The number of methoxy groups -OCH3 is 1. The molecule has 0 aromatic heterocycles. The molecule has 0 amide bonds. The van der Waals surface area contributed by atoms with Crippen LogP contribution >= 0.6 is 0 Å². The first-order valence-electron chi connectivity index (χ1n) is 5.65. The lowest BCUT2D eigenvalue weighted by molar-refractivity contribution is 0.202. The van der Waals surface area contributed by atoms with E-state index in [1.54, 1.807) is 7.11 Å². The van der Waals surface area contributed by atoms with Gasteiger partial charge in [-0.3, -0.25) is 0 Å². The van der Waals surface area contributed by atoms with Crippen LogP contribution in [0.2, 0.25) is 0 Å². The van der Waals surface area contributed by atoms with Crippen molar-refractivity contribution in [3.05, 3.63) is 29.3 Å². The minimum Gasteiger partial charge on any atom is -0.384 e. The van der Waals surface area contributed by atoms with Crippen molar-refractivity contribution in [2.45, 2.75) is 19.8 Å². The first-order chi connectivity index (χ1) is 7.31. The maximum atomic E-state index is 5.13. The third kappa shape index (κ3) is 2.32. The first-order valence-corrected chi connectivity index (χ1v) is 5.65. The van der Waals surface area contributed by atoms with Gasteiger partial charge in [-0.1, -0.05) is 25.1 Å². The van der Waals surface area contributed by atoms with Crippen LogP contribution in [0.5, 0.6) is 0 Å². The molecule has 82 valence electrons. The minimum atomic E-state index is 0.746. The third-order valence-corrected chi connectivity index (χ3v) is 3.01. The highest BCUT2D eigenvalue weighted by Crippen LogP contribution is 2.28. The van der Waals surface area contributed by atoms with E-state index in [-0.39, 0.29) is 0 Å². The van der Waals surface area contributed by atoms with Gasteiger partial charge in [0.05, 0.1) is 6.61 Å². The van der Waals surface area contributed by atoms with E-state index in [0.29, 0.717) is 0 Å². The summed E-state index contributed by atoms with van der Waals surface area (Å²) in [6.45, 7) is 4.18. The normalized spacial score (nSPS) is 19.5. The highest BCUT2D eigenvalue weighted by molar-refractivity contribution is 5.59. The molecule has 2 rings (SSSR count). The van der Waals surface area contributed by atoms with Crippen LogP contribution in [0.1, 0.15) is 18.1 Å². The highest BCUT2D eigenvalue weighted by atomic mass is 16.5. The van der Waals surface area contributed by atoms with Crippen LogP contribution in [0.4, 0.5) is 5.69 Å². The number of hydrogen-bond donors (Lipinski definition) is 1. The lowest BCUT2D eigenvalue weighted by atomic mass is 9.92. The van der Waals surface area contributed by atoms with Crippen LogP contribution in [-0.4, -0.2) is 20.3 Å². The summed E-state index contributed by atoms with van der Waals surface area (Å²) in [7, 11) is 1.75. The number of para-hydroxylation sites is 1. The lowest BCUT2D eigenvalue weighted by Crippen LogP contribution is -2.21. The Bertz CT molecular complexity index is 335. The SMILES string of the molecule is COCCc1cccc2c1NCC(C)C2. The molecule has 1 unspecified atom stereocenters. The van der Waals surface area contributed by atoms with Gasteiger partial charge >= 0.3 is 0 Å². The fraction of sp³-hybridized carbons (Fsp3) is 0.538. The number of ether oxygens (including phenoxy) is 1. The Morgan fingerprint density at radius 3 is 3.13 bits per heavy atom. The van der Waals surface area contributed by atoms with Gasteiger partial charge in [-0.2, -0.15) is 0 Å². The van der Waals surface area contributed by atoms with Crippen molar-refractivity contribution in [1.82, 2.24) is 0 Å². The molecule has 1 aromatic carbocycles. The Labute approximate surface area is 91.6 Å². The minimum absolute atomic E-state index is 0.746. The van der Waals surface area contributed by atoms with Crippen molar-refractivity contribution in [2.75, 3.05) is 25.6 Å². The van der Waals surface area contributed by atoms with Gasteiger partial charge in [-0.15, -0.1) is 0 Å². The molecule has 1 aliphatic heterocycles. The Hall–Kier alpha value is -1.02. The molecule has 2 nitrogen and oxygen atoms in total. The predicted molar refractivity (Wildman–Crippen MR) is 63.4 cm³/mol. The molecule has 15 heavy (non-hydrogen) atoms. The second kappa shape index (κ2) is 4.67. The number of anilines is 1. The topological polar surface area (TPSA) is 21.3 Å². The zero-order valence-electron chi connectivity index (χ0n) is 9.55. The summed E-state index contributed by atoms with van der Waals surface area (Å²) in [4.78, 5) is 0. The molecule has 0 radical (unpaired) electrons. The fourth-order valence-corrected chi connectivity index (χ4v) is 2.19. The van der Waals surface area contributed by atoms with E-state index in [1.165, 1.54) is 23.2 Å². The van der Waals surface area contributed by atoms with Crippen molar-refractivity contribution in [3.8, 4) is 0 Å². The predicted octanol–water partition coefficient (Wildman–Crippen LogP) is 2.48. The van der Waals surface area contributed by atoms with Gasteiger partial charge in [0.2, 0.25) is 0 Å². The molecule has 0 fully saturated rings. The zero-order chi connectivity index (χ0) is 10.7. The largest absolute Gasteiger partial charge is 0.384 e. The molecule has 0 spiro atoms. The van der Waals surface area contributed by atoms with Crippen molar-refractivity contribution in [3.63, 3.8) is 0 Å². The van der Waals surface area contributed by atoms with Gasteiger partial charge in [0.15, 0.2) is 0 Å². The van der Waals surface area contributed by atoms with E-state index in [2.05, 4.69) is 30.4 Å². The summed E-state index contributed by atoms with van der Waals surface area (Å²) in [6.07, 6.45) is 2.20. The van der Waals surface area contributed by atoms with Crippen LogP contribution in [0.3, 0.4) is 0 Å². The molecule has 0 saturated heterocycles. The van der Waals surface area contributed by atoms with E-state index in [1.807, 2.05) is 0 Å². The average Bonchev–Trinajstić information content (AvgIpc) is 2.25. The summed E-state index contributed by atoms with van der Waals surface area (Å²) in [5.74, 6) is 0.746. The molecule has 0 saturated carbocycles. The molecule has 0 bridgehead atoms. The maximum Gasteiger partial charge on any atom is 0.0503 e. The molecule has 1 N–H and O–H groups in total. The lowest BCUT2D eigenvalue weighted by Gasteiger charge is -2.25. The van der Waals surface area contributed by atoms with Crippen molar-refractivity contribution in [1.29, 1.82) is 0 Å². The third-order valence-electron chi connectivity index (χ3n) is 3.01. The van der Waals surface area contributed by atoms with E-state index in [4.69, 9.17) is 4.74 Å². The van der Waals surface area contributed by atoms with E-state index in [9.17, 15) is 0 Å². The zero-order valence-corrected chi connectivity index (χ0v) is 9.55. The standard InChI is InChI=1S/C13H19NO/c1-10-8-12-5-3-4-11(6-7-15-2)13(12)14-9-10/h3-5,10,14H,6-9H2,1-2H3. The van der Waals surface area contributed by atoms with Crippen LogP contribution in [-0.2, 0) is 17.6 Å². The van der Waals surface area contributed by atoms with E-state index < -0.39 is 0 Å². The molecule has 1 atom stereocenters. The number of nitrogens with one attached hydrogen (secondary N) is 1. The van der Waals surface area contributed by atoms with Gasteiger partial charge in [-0.25, -0.2) is 0 Å². The smallest absolute Gasteiger partial charge is 0.0503 e. The van der Waals surface area contributed by atoms with Gasteiger partial charge < -0.3 is 10.1 Å². The molecule has 1 aromatic rings. The van der Waals surface area contributed by atoms with E-state index >= 15 is 0 Å². The molecule has 1 aliphatic rings. The van der Waals surface area contributed by atoms with Crippen molar-refractivity contribution < 1.29 is 4.74 Å². The highest BCUT2D eigenvalue weighted by Gasteiger charge is 2.16. The van der Waals surface area contributed by atoms with Crippen molar-refractivity contribution >= 4 is 5.69 Å². The van der Waals surface area contributed by atoms with Gasteiger partial charge in [0.1, 0.15) is 0 Å². The summed E-state index contributed by atoms with van der Waals surface area (Å²) >= 11 is 0. The quantitative estimate of drug-likeness (QED) is 0.818. The summed E-state index contributed by atoms with van der Waals surface area (Å²) < 4.78 is 5.13. The number of rotatable bonds is 3. The summed E-state index contributed by atoms with van der Waals surface area (Å²) in [5, 5.41) is 3.53. The second-order valence-corrected chi connectivity index (χ2v) is 4.38. The molecule has 1 heterocycles. The Morgan fingerprint density at radius 2 is 2.33 bits per heavy atom. The number of fused-ring (bicyclic) bond motifs is 1. The Morgan fingerprint density at radius 1 is 1.47 bits per heavy atom. The van der Waals surface area contributed by atoms with Crippen molar-refractivity contribution in [2.24, 2.45) is 5.92 Å². The monoisotopic (exact) mass is 205 g/mol. The van der Waals surface area contributed by atoms with E-state index in [0.717, 1.165) is 25.5 Å². The number of hydrogen-bond acceptors (Lipinski definition) is 2. The van der Waals surface area contributed by atoms with Crippen LogP contribution in [0, 0.1) is 5.92 Å². The first kappa shape index (κ1) is 10.5.